The molecule has 0 aliphatic rings. The molecule has 1 amide bonds. The average Bonchev–Trinajstić information content (AvgIpc) is 2.31. The van der Waals surface area contributed by atoms with E-state index in [4.69, 9.17) is 4.74 Å². The number of carbonyl (C=O) groups is 1. The third kappa shape index (κ3) is 9.12. The molecule has 0 heterocycles. The Morgan fingerprint density at radius 3 is 2.53 bits per heavy atom. The largest absolute Gasteiger partial charge is 0.381 e. The summed E-state index contributed by atoms with van der Waals surface area (Å²) in [4.78, 5) is 13.3. The molecule has 0 aromatic heterocycles. The van der Waals surface area contributed by atoms with Gasteiger partial charge in [-0.2, -0.15) is 0 Å². The summed E-state index contributed by atoms with van der Waals surface area (Å²) in [6, 6.07) is 0.265. The Hall–Kier alpha value is -0.610. The van der Waals surface area contributed by atoms with Gasteiger partial charge < -0.3 is 15.0 Å². The van der Waals surface area contributed by atoms with Crippen LogP contribution in [0.25, 0.3) is 0 Å². The molecule has 0 radical (unpaired) electrons. The molecule has 0 spiro atoms. The lowest BCUT2D eigenvalue weighted by atomic mass is 10.3. The van der Waals surface area contributed by atoms with E-state index in [0.717, 1.165) is 32.6 Å². The van der Waals surface area contributed by atoms with Gasteiger partial charge in [-0.25, -0.2) is 0 Å². The molecule has 4 heteroatoms. The Kier molecular flexibility index (Phi) is 10.2. The average molecular weight is 244 g/mol. The number of nitrogens with zero attached hydrogens (tertiary/aromatic N) is 1. The van der Waals surface area contributed by atoms with Crippen LogP contribution in [0.2, 0.25) is 0 Å². The summed E-state index contributed by atoms with van der Waals surface area (Å²) in [6.07, 6.45) is 3.27. The lowest BCUT2D eigenvalue weighted by Gasteiger charge is -2.21. The maximum Gasteiger partial charge on any atom is 0.236 e. The van der Waals surface area contributed by atoms with E-state index in [9.17, 15) is 4.79 Å². The van der Waals surface area contributed by atoms with E-state index in [1.807, 2.05) is 20.9 Å². The zero-order valence-electron chi connectivity index (χ0n) is 11.8. The first-order chi connectivity index (χ1) is 8.09. The molecule has 0 saturated carbocycles. The van der Waals surface area contributed by atoms with Crippen molar-refractivity contribution in [2.24, 2.45) is 0 Å². The molecule has 1 N–H and O–H groups in total. The van der Waals surface area contributed by atoms with Gasteiger partial charge in [0, 0.05) is 26.3 Å². The highest BCUT2D eigenvalue weighted by atomic mass is 16.5. The van der Waals surface area contributed by atoms with E-state index in [2.05, 4.69) is 12.2 Å². The SMILES string of the molecule is CCCCOCCCNCC(=O)N(C)C(C)C. The Balaban J connectivity index is 3.31. The highest BCUT2D eigenvalue weighted by Gasteiger charge is 2.10. The summed E-state index contributed by atoms with van der Waals surface area (Å²) in [5, 5.41) is 3.14. The molecule has 0 saturated heterocycles. The summed E-state index contributed by atoms with van der Waals surface area (Å²) >= 11 is 0. The first-order valence-corrected chi connectivity index (χ1v) is 6.63. The highest BCUT2D eigenvalue weighted by molar-refractivity contribution is 5.78. The fourth-order valence-electron chi connectivity index (χ4n) is 1.26. The second-order valence-corrected chi connectivity index (χ2v) is 4.59. The number of hydrogen-bond acceptors (Lipinski definition) is 3. The molecular formula is C13H28N2O2. The third-order valence-electron chi connectivity index (χ3n) is 2.73. The first-order valence-electron chi connectivity index (χ1n) is 6.63. The van der Waals surface area contributed by atoms with Crippen molar-refractivity contribution in [2.45, 2.75) is 46.1 Å². The molecule has 0 aromatic carbocycles. The molecule has 17 heavy (non-hydrogen) atoms. The normalized spacial score (nSPS) is 10.9. The molecule has 0 fully saturated rings. The van der Waals surface area contributed by atoms with Crippen LogP contribution in [0.5, 0.6) is 0 Å². The lowest BCUT2D eigenvalue weighted by Crippen LogP contribution is -2.39. The highest BCUT2D eigenvalue weighted by Crippen LogP contribution is 1.93. The second-order valence-electron chi connectivity index (χ2n) is 4.59. The van der Waals surface area contributed by atoms with Crippen molar-refractivity contribution < 1.29 is 9.53 Å². The maximum absolute atomic E-state index is 11.6. The summed E-state index contributed by atoms with van der Waals surface area (Å²) in [5.41, 5.74) is 0. The number of carbonyl (C=O) groups excluding carboxylic acids is 1. The van der Waals surface area contributed by atoms with E-state index >= 15 is 0 Å². The van der Waals surface area contributed by atoms with Crippen LogP contribution in [0.15, 0.2) is 0 Å². The zero-order valence-corrected chi connectivity index (χ0v) is 11.8. The van der Waals surface area contributed by atoms with Gasteiger partial charge >= 0.3 is 0 Å². The molecule has 0 aliphatic heterocycles. The summed E-state index contributed by atoms with van der Waals surface area (Å²) < 4.78 is 5.43. The van der Waals surface area contributed by atoms with Crippen molar-refractivity contribution in [3.63, 3.8) is 0 Å². The van der Waals surface area contributed by atoms with Crippen molar-refractivity contribution in [1.82, 2.24) is 10.2 Å². The van der Waals surface area contributed by atoms with Crippen molar-refractivity contribution >= 4 is 5.91 Å². The van der Waals surface area contributed by atoms with Gasteiger partial charge in [-0.05, 0) is 33.2 Å². The van der Waals surface area contributed by atoms with E-state index in [1.54, 1.807) is 4.90 Å². The number of amides is 1. The monoisotopic (exact) mass is 244 g/mol. The summed E-state index contributed by atoms with van der Waals surface area (Å²) in [7, 11) is 1.84. The molecule has 0 bridgehead atoms. The van der Waals surface area contributed by atoms with Gasteiger partial charge in [0.15, 0.2) is 0 Å². The minimum absolute atomic E-state index is 0.145. The maximum atomic E-state index is 11.6. The van der Waals surface area contributed by atoms with E-state index in [-0.39, 0.29) is 11.9 Å². The third-order valence-corrected chi connectivity index (χ3v) is 2.73. The van der Waals surface area contributed by atoms with Crippen LogP contribution in [0.4, 0.5) is 0 Å². The molecule has 0 aliphatic carbocycles. The predicted octanol–water partition coefficient (Wildman–Crippen LogP) is 1.65. The molecule has 102 valence electrons. The lowest BCUT2D eigenvalue weighted by molar-refractivity contribution is -0.130. The Bertz CT molecular complexity index is 196. The molecule has 0 aromatic rings. The number of nitrogens with one attached hydrogen (secondary N) is 1. The minimum Gasteiger partial charge on any atom is -0.381 e. The molecular weight excluding hydrogens is 216 g/mol. The predicted molar refractivity (Wildman–Crippen MR) is 71.1 cm³/mol. The number of hydrogen-bond donors (Lipinski definition) is 1. The van der Waals surface area contributed by atoms with Gasteiger partial charge in [-0.15, -0.1) is 0 Å². The summed E-state index contributed by atoms with van der Waals surface area (Å²) in [5.74, 6) is 0.145. The standard InChI is InChI=1S/C13H28N2O2/c1-5-6-9-17-10-7-8-14-11-13(16)15(4)12(2)3/h12,14H,5-11H2,1-4H3. The van der Waals surface area contributed by atoms with Gasteiger partial charge in [0.05, 0.1) is 6.54 Å². The number of rotatable bonds is 10. The van der Waals surface area contributed by atoms with Gasteiger partial charge in [-0.1, -0.05) is 13.3 Å². The van der Waals surface area contributed by atoms with Crippen LogP contribution < -0.4 is 5.32 Å². The van der Waals surface area contributed by atoms with Crippen LogP contribution in [-0.2, 0) is 9.53 Å². The van der Waals surface area contributed by atoms with Crippen molar-refractivity contribution in [3.05, 3.63) is 0 Å². The van der Waals surface area contributed by atoms with E-state index in [1.165, 1.54) is 6.42 Å². The Morgan fingerprint density at radius 1 is 1.29 bits per heavy atom. The molecule has 0 unspecified atom stereocenters. The van der Waals surface area contributed by atoms with Gasteiger partial charge in [0.25, 0.3) is 0 Å². The molecule has 0 rings (SSSR count). The quantitative estimate of drug-likeness (QED) is 0.594. The topological polar surface area (TPSA) is 41.6 Å². The molecule has 0 atom stereocenters. The van der Waals surface area contributed by atoms with Crippen LogP contribution >= 0.6 is 0 Å². The van der Waals surface area contributed by atoms with E-state index < -0.39 is 0 Å². The van der Waals surface area contributed by atoms with Crippen molar-refractivity contribution in [1.29, 1.82) is 0 Å². The van der Waals surface area contributed by atoms with Gasteiger partial charge in [0.1, 0.15) is 0 Å². The van der Waals surface area contributed by atoms with Crippen LogP contribution in [-0.4, -0.2) is 50.2 Å². The van der Waals surface area contributed by atoms with Crippen LogP contribution in [0.1, 0.15) is 40.0 Å². The number of likely N-dealkylation sites (N-methyl/N-ethyl adjacent to an activating group) is 1. The Labute approximate surface area is 106 Å². The summed E-state index contributed by atoms with van der Waals surface area (Å²) in [6.45, 7) is 9.07. The van der Waals surface area contributed by atoms with Crippen LogP contribution in [0, 0.1) is 0 Å². The van der Waals surface area contributed by atoms with Crippen molar-refractivity contribution in [3.8, 4) is 0 Å². The van der Waals surface area contributed by atoms with Gasteiger partial charge in [-0.3, -0.25) is 4.79 Å². The van der Waals surface area contributed by atoms with Gasteiger partial charge in [0.2, 0.25) is 5.91 Å². The first kappa shape index (κ1) is 16.4. The minimum atomic E-state index is 0.145. The fraction of sp³-hybridized carbons (Fsp3) is 0.923. The smallest absolute Gasteiger partial charge is 0.236 e. The zero-order chi connectivity index (χ0) is 13.1. The van der Waals surface area contributed by atoms with Crippen molar-refractivity contribution in [2.75, 3.05) is 33.4 Å². The number of ether oxygens (including phenoxy) is 1. The fourth-order valence-corrected chi connectivity index (χ4v) is 1.26. The van der Waals surface area contributed by atoms with E-state index in [0.29, 0.717) is 6.54 Å². The molecule has 4 nitrogen and oxygen atoms in total. The second kappa shape index (κ2) is 10.5. The van der Waals surface area contributed by atoms with Crippen LogP contribution in [0.3, 0.4) is 0 Å². The number of unbranched alkanes of at least 4 members (excludes halogenated alkanes) is 1. The Morgan fingerprint density at radius 2 is 1.94 bits per heavy atom.